The van der Waals surface area contributed by atoms with E-state index in [2.05, 4.69) is 4.98 Å². The zero-order valence-electron chi connectivity index (χ0n) is 10.4. The molecule has 1 aliphatic rings. The Bertz CT molecular complexity index is 563. The Morgan fingerprint density at radius 2 is 2.42 bits per heavy atom. The molecule has 1 aliphatic heterocycles. The number of amides is 1. The lowest BCUT2D eigenvalue weighted by Crippen LogP contribution is -2.47. The van der Waals surface area contributed by atoms with Crippen LogP contribution in [0, 0.1) is 0 Å². The third kappa shape index (κ3) is 2.32. The van der Waals surface area contributed by atoms with Crippen LogP contribution in [0.3, 0.4) is 0 Å². The number of rotatable bonds is 2. The molecular formula is C13H15N3O3. The summed E-state index contributed by atoms with van der Waals surface area (Å²) in [6.07, 6.45) is 3.28. The van der Waals surface area contributed by atoms with Gasteiger partial charge in [0.1, 0.15) is 11.3 Å². The van der Waals surface area contributed by atoms with Crippen LogP contribution in [-0.2, 0) is 4.74 Å². The van der Waals surface area contributed by atoms with Gasteiger partial charge in [0.15, 0.2) is 0 Å². The topological polar surface area (TPSA) is 67.1 Å². The maximum absolute atomic E-state index is 12.3. The number of carbonyl (C=O) groups is 1. The summed E-state index contributed by atoms with van der Waals surface area (Å²) in [5, 5.41) is 9.09. The van der Waals surface area contributed by atoms with Crippen molar-refractivity contribution < 1.29 is 14.6 Å². The van der Waals surface area contributed by atoms with E-state index in [4.69, 9.17) is 9.84 Å². The van der Waals surface area contributed by atoms with Crippen LogP contribution in [0.4, 0.5) is 0 Å². The first-order valence-electron chi connectivity index (χ1n) is 6.23. The number of aliphatic hydroxyl groups excluding tert-OH is 1. The van der Waals surface area contributed by atoms with E-state index in [-0.39, 0.29) is 18.6 Å². The molecule has 0 saturated carbocycles. The van der Waals surface area contributed by atoms with Crippen molar-refractivity contribution in [1.82, 2.24) is 14.3 Å². The van der Waals surface area contributed by atoms with Crippen molar-refractivity contribution in [3.8, 4) is 0 Å². The van der Waals surface area contributed by atoms with E-state index in [1.807, 2.05) is 28.8 Å². The number of nitrogens with zero attached hydrogens (tertiary/aromatic N) is 3. The maximum atomic E-state index is 12.3. The van der Waals surface area contributed by atoms with E-state index in [9.17, 15) is 4.79 Å². The van der Waals surface area contributed by atoms with E-state index >= 15 is 0 Å². The van der Waals surface area contributed by atoms with Crippen LogP contribution >= 0.6 is 0 Å². The number of hydrogen-bond donors (Lipinski definition) is 1. The summed E-state index contributed by atoms with van der Waals surface area (Å²) in [6.45, 7) is 1.31. The number of ether oxygens (including phenoxy) is 1. The molecule has 3 rings (SSSR count). The molecule has 1 saturated heterocycles. The third-order valence-electron chi connectivity index (χ3n) is 3.21. The van der Waals surface area contributed by atoms with Crippen LogP contribution in [0.2, 0.25) is 0 Å². The molecule has 19 heavy (non-hydrogen) atoms. The third-order valence-corrected chi connectivity index (χ3v) is 3.21. The van der Waals surface area contributed by atoms with E-state index in [0.29, 0.717) is 25.4 Å². The van der Waals surface area contributed by atoms with Crippen molar-refractivity contribution in [3.05, 3.63) is 36.3 Å². The normalized spacial score (nSPS) is 19.8. The molecule has 0 aliphatic carbocycles. The number of fused-ring (bicyclic) bond motifs is 1. The second-order valence-corrected chi connectivity index (χ2v) is 4.52. The number of hydrogen-bond acceptors (Lipinski definition) is 4. The molecule has 3 heterocycles. The second kappa shape index (κ2) is 4.99. The number of morpholine rings is 1. The lowest BCUT2D eigenvalue weighted by molar-refractivity contribution is -0.0448. The van der Waals surface area contributed by atoms with Gasteiger partial charge in [0, 0.05) is 25.5 Å². The summed E-state index contributed by atoms with van der Waals surface area (Å²) in [6, 6.07) is 5.62. The van der Waals surface area contributed by atoms with E-state index in [0.717, 1.165) is 5.65 Å². The van der Waals surface area contributed by atoms with Gasteiger partial charge in [0.25, 0.3) is 5.91 Å². The SMILES string of the molecule is O=C(c1cn2ccccc2n1)N1CCOC(CO)C1. The summed E-state index contributed by atoms with van der Waals surface area (Å²) in [7, 11) is 0. The molecule has 1 amide bonds. The van der Waals surface area contributed by atoms with Crippen LogP contribution in [0.25, 0.3) is 5.65 Å². The first-order chi connectivity index (χ1) is 9.28. The Labute approximate surface area is 110 Å². The zero-order valence-corrected chi connectivity index (χ0v) is 10.4. The first-order valence-corrected chi connectivity index (χ1v) is 6.23. The highest BCUT2D eigenvalue weighted by atomic mass is 16.5. The van der Waals surface area contributed by atoms with Crippen molar-refractivity contribution >= 4 is 11.6 Å². The Morgan fingerprint density at radius 1 is 1.53 bits per heavy atom. The molecule has 100 valence electrons. The standard InChI is InChI=1S/C13H15N3O3/c17-9-10-7-16(5-6-19-10)13(18)11-8-15-4-2-1-3-12(15)14-11/h1-4,8,10,17H,5-7,9H2. The fourth-order valence-corrected chi connectivity index (χ4v) is 2.21. The molecule has 0 bridgehead atoms. The molecule has 1 fully saturated rings. The predicted molar refractivity (Wildman–Crippen MR) is 67.9 cm³/mol. The summed E-state index contributed by atoms with van der Waals surface area (Å²) >= 11 is 0. The van der Waals surface area contributed by atoms with Crippen LogP contribution in [0.1, 0.15) is 10.5 Å². The van der Waals surface area contributed by atoms with Gasteiger partial charge in [-0.2, -0.15) is 0 Å². The molecule has 2 aromatic heterocycles. The predicted octanol–water partition coefficient (Wildman–Crippen LogP) is 0.168. The monoisotopic (exact) mass is 261 g/mol. The molecule has 0 spiro atoms. The maximum Gasteiger partial charge on any atom is 0.274 e. The number of imidazole rings is 1. The quantitative estimate of drug-likeness (QED) is 0.836. The van der Waals surface area contributed by atoms with Gasteiger partial charge in [-0.3, -0.25) is 4.79 Å². The minimum absolute atomic E-state index is 0.0745. The first kappa shape index (κ1) is 12.1. The van der Waals surface area contributed by atoms with Gasteiger partial charge in [-0.15, -0.1) is 0 Å². The van der Waals surface area contributed by atoms with Crippen molar-refractivity contribution in [2.45, 2.75) is 6.10 Å². The van der Waals surface area contributed by atoms with Gasteiger partial charge < -0.3 is 19.1 Å². The highest BCUT2D eigenvalue weighted by Gasteiger charge is 2.25. The van der Waals surface area contributed by atoms with Crippen molar-refractivity contribution in [3.63, 3.8) is 0 Å². The van der Waals surface area contributed by atoms with Crippen molar-refractivity contribution in [1.29, 1.82) is 0 Å². The lowest BCUT2D eigenvalue weighted by atomic mass is 10.2. The van der Waals surface area contributed by atoms with Gasteiger partial charge >= 0.3 is 0 Å². The van der Waals surface area contributed by atoms with E-state index in [1.54, 1.807) is 11.1 Å². The minimum Gasteiger partial charge on any atom is -0.394 e. The van der Waals surface area contributed by atoms with Crippen LogP contribution in [0.15, 0.2) is 30.6 Å². The molecule has 6 heteroatoms. The van der Waals surface area contributed by atoms with Crippen LogP contribution in [-0.4, -0.2) is 57.7 Å². The van der Waals surface area contributed by atoms with E-state index < -0.39 is 0 Å². The highest BCUT2D eigenvalue weighted by molar-refractivity contribution is 5.93. The number of aliphatic hydroxyl groups is 1. The number of pyridine rings is 1. The summed E-state index contributed by atoms with van der Waals surface area (Å²) in [5.41, 5.74) is 1.17. The van der Waals surface area contributed by atoms with Crippen molar-refractivity contribution in [2.24, 2.45) is 0 Å². The number of aromatic nitrogens is 2. The highest BCUT2D eigenvalue weighted by Crippen LogP contribution is 2.11. The van der Waals surface area contributed by atoms with Gasteiger partial charge in [-0.25, -0.2) is 4.98 Å². The van der Waals surface area contributed by atoms with Gasteiger partial charge in [0.2, 0.25) is 0 Å². The molecule has 2 aromatic rings. The molecule has 0 radical (unpaired) electrons. The fourth-order valence-electron chi connectivity index (χ4n) is 2.21. The zero-order chi connectivity index (χ0) is 13.2. The minimum atomic E-state index is -0.297. The van der Waals surface area contributed by atoms with Gasteiger partial charge in [-0.05, 0) is 12.1 Å². The summed E-state index contributed by atoms with van der Waals surface area (Å²) < 4.78 is 7.15. The van der Waals surface area contributed by atoms with Crippen LogP contribution < -0.4 is 0 Å². The summed E-state index contributed by atoms with van der Waals surface area (Å²) in [4.78, 5) is 18.3. The number of carbonyl (C=O) groups excluding carboxylic acids is 1. The Hall–Kier alpha value is -1.92. The largest absolute Gasteiger partial charge is 0.394 e. The average Bonchev–Trinajstić information content (AvgIpc) is 2.90. The lowest BCUT2D eigenvalue weighted by Gasteiger charge is -2.31. The molecule has 1 atom stereocenters. The molecule has 0 aromatic carbocycles. The van der Waals surface area contributed by atoms with E-state index in [1.165, 1.54) is 0 Å². The molecule has 6 nitrogen and oxygen atoms in total. The average molecular weight is 261 g/mol. The van der Waals surface area contributed by atoms with Crippen LogP contribution in [0.5, 0.6) is 0 Å². The molecule has 1 unspecified atom stereocenters. The Balaban J connectivity index is 1.82. The Morgan fingerprint density at radius 3 is 3.21 bits per heavy atom. The molecular weight excluding hydrogens is 246 g/mol. The molecule has 1 N–H and O–H groups in total. The fraction of sp³-hybridized carbons (Fsp3) is 0.385. The van der Waals surface area contributed by atoms with Crippen molar-refractivity contribution in [2.75, 3.05) is 26.3 Å². The summed E-state index contributed by atoms with van der Waals surface area (Å²) in [5.74, 6) is -0.120. The second-order valence-electron chi connectivity index (χ2n) is 4.52. The Kier molecular flexibility index (Phi) is 3.18. The smallest absolute Gasteiger partial charge is 0.274 e. The van der Waals surface area contributed by atoms with Gasteiger partial charge in [-0.1, -0.05) is 6.07 Å². The van der Waals surface area contributed by atoms with Gasteiger partial charge in [0.05, 0.1) is 19.3 Å².